The van der Waals surface area contributed by atoms with Crippen molar-refractivity contribution in [2.24, 2.45) is 0 Å². The van der Waals surface area contributed by atoms with E-state index in [4.69, 9.17) is 32.7 Å². The predicted octanol–water partition coefficient (Wildman–Crippen LogP) is 4.65. The average molecular weight is 289 g/mol. The molecule has 4 heteroatoms. The van der Waals surface area contributed by atoms with Crippen molar-refractivity contribution in [2.75, 3.05) is 13.7 Å². The van der Waals surface area contributed by atoms with Gasteiger partial charge in [-0.15, -0.1) is 0 Å². The Balaban J connectivity index is 2.90. The topological polar surface area (TPSA) is 18.5 Å². The van der Waals surface area contributed by atoms with Crippen LogP contribution in [0.3, 0.4) is 0 Å². The van der Waals surface area contributed by atoms with Gasteiger partial charge in [-0.1, -0.05) is 36.5 Å². The van der Waals surface area contributed by atoms with Crippen LogP contribution in [0.2, 0.25) is 0 Å². The van der Waals surface area contributed by atoms with Crippen LogP contribution in [-0.2, 0) is 6.42 Å². The molecule has 0 bridgehead atoms. The fraction of sp³-hybridized carbons (Fsp3) is 0.429. The maximum atomic E-state index is 5.58. The van der Waals surface area contributed by atoms with Crippen LogP contribution in [0.5, 0.6) is 11.5 Å². The van der Waals surface area contributed by atoms with Crippen molar-refractivity contribution in [1.82, 2.24) is 0 Å². The number of benzene rings is 1. The van der Waals surface area contributed by atoms with E-state index in [1.807, 2.05) is 19.1 Å². The molecule has 0 aliphatic carbocycles. The molecule has 0 aromatic heterocycles. The molecule has 0 unspecified atom stereocenters. The Bertz CT molecular complexity index is 424. The monoisotopic (exact) mass is 288 g/mol. The first-order valence-electron chi connectivity index (χ1n) is 5.90. The van der Waals surface area contributed by atoms with E-state index in [1.54, 1.807) is 13.2 Å². The molecule has 2 nitrogen and oxygen atoms in total. The van der Waals surface area contributed by atoms with Crippen LogP contribution >= 0.6 is 23.2 Å². The summed E-state index contributed by atoms with van der Waals surface area (Å²) in [6.07, 6.45) is 3.64. The molecular formula is C14H18Cl2O2. The number of methoxy groups -OCH3 is 1. The van der Waals surface area contributed by atoms with E-state index in [0.717, 1.165) is 35.5 Å². The van der Waals surface area contributed by atoms with E-state index >= 15 is 0 Å². The second-order valence-electron chi connectivity index (χ2n) is 3.99. The van der Waals surface area contributed by atoms with Crippen LogP contribution in [0.4, 0.5) is 0 Å². The minimum absolute atomic E-state index is 0.217. The molecular weight excluding hydrogens is 271 g/mol. The lowest BCUT2D eigenvalue weighted by atomic mass is 10.0. The van der Waals surface area contributed by atoms with E-state index in [-0.39, 0.29) is 4.49 Å². The molecule has 0 atom stereocenters. The van der Waals surface area contributed by atoms with E-state index in [9.17, 15) is 0 Å². The van der Waals surface area contributed by atoms with Crippen molar-refractivity contribution in [3.63, 3.8) is 0 Å². The molecule has 0 saturated carbocycles. The minimum atomic E-state index is 0.217. The lowest BCUT2D eigenvalue weighted by Gasteiger charge is -2.13. The number of hydrogen-bond donors (Lipinski definition) is 0. The number of hydrogen-bond acceptors (Lipinski definition) is 2. The molecule has 0 saturated heterocycles. The third kappa shape index (κ3) is 4.43. The van der Waals surface area contributed by atoms with Crippen LogP contribution in [0.25, 0.3) is 0 Å². The summed E-state index contributed by atoms with van der Waals surface area (Å²) in [7, 11) is 1.69. The molecule has 1 aromatic rings. The van der Waals surface area contributed by atoms with Crippen LogP contribution in [0, 0.1) is 6.92 Å². The fourth-order valence-electron chi connectivity index (χ4n) is 1.84. The number of rotatable bonds is 6. The Morgan fingerprint density at radius 1 is 1.33 bits per heavy atom. The molecule has 0 heterocycles. The zero-order chi connectivity index (χ0) is 13.5. The zero-order valence-corrected chi connectivity index (χ0v) is 12.4. The van der Waals surface area contributed by atoms with E-state index in [0.29, 0.717) is 6.61 Å². The predicted molar refractivity (Wildman–Crippen MR) is 77.0 cm³/mol. The Hall–Kier alpha value is -0.860. The quantitative estimate of drug-likeness (QED) is 0.758. The van der Waals surface area contributed by atoms with Gasteiger partial charge in [0.05, 0.1) is 7.11 Å². The van der Waals surface area contributed by atoms with Gasteiger partial charge in [0.2, 0.25) is 0 Å². The molecule has 18 heavy (non-hydrogen) atoms. The minimum Gasteiger partial charge on any atom is -0.496 e. The van der Waals surface area contributed by atoms with Gasteiger partial charge in [0.15, 0.2) is 0 Å². The van der Waals surface area contributed by atoms with Gasteiger partial charge >= 0.3 is 0 Å². The smallest absolute Gasteiger partial charge is 0.125 e. The van der Waals surface area contributed by atoms with Crippen molar-refractivity contribution in [3.8, 4) is 11.5 Å². The molecule has 0 aliphatic heterocycles. The standard InChI is InChI=1S/C14H18Cl2O2/c1-4-5-11-9-12(18-7-6-13(15)16)8-10(2)14(11)17-3/h6,8-9H,4-5,7H2,1-3H3. The SMILES string of the molecule is CCCc1cc(OCC=C(Cl)Cl)cc(C)c1OC. The number of aryl methyl sites for hydroxylation is 2. The van der Waals surface area contributed by atoms with E-state index in [2.05, 4.69) is 6.92 Å². The summed E-state index contributed by atoms with van der Waals surface area (Å²) in [4.78, 5) is 0. The lowest BCUT2D eigenvalue weighted by Crippen LogP contribution is -1.99. The molecule has 0 N–H and O–H groups in total. The molecule has 0 spiro atoms. The molecule has 1 aromatic carbocycles. The van der Waals surface area contributed by atoms with Gasteiger partial charge in [0.1, 0.15) is 22.6 Å². The number of halogens is 2. The maximum Gasteiger partial charge on any atom is 0.125 e. The number of ether oxygens (including phenoxy) is 2. The summed E-state index contributed by atoms with van der Waals surface area (Å²) in [6, 6.07) is 3.96. The van der Waals surface area contributed by atoms with Gasteiger partial charge in [-0.2, -0.15) is 0 Å². The van der Waals surface area contributed by atoms with Crippen molar-refractivity contribution in [2.45, 2.75) is 26.7 Å². The first-order valence-corrected chi connectivity index (χ1v) is 6.65. The Morgan fingerprint density at radius 2 is 2.06 bits per heavy atom. The van der Waals surface area contributed by atoms with E-state index < -0.39 is 0 Å². The van der Waals surface area contributed by atoms with Gasteiger partial charge in [0.25, 0.3) is 0 Å². The largest absolute Gasteiger partial charge is 0.496 e. The Kier molecular flexibility index (Phi) is 6.37. The summed E-state index contributed by atoms with van der Waals surface area (Å²) in [5.74, 6) is 1.75. The molecule has 0 aliphatic rings. The van der Waals surface area contributed by atoms with Crippen molar-refractivity contribution in [3.05, 3.63) is 33.8 Å². The highest BCUT2D eigenvalue weighted by molar-refractivity contribution is 6.55. The normalized spacial score (nSPS) is 10.1. The summed E-state index contributed by atoms with van der Waals surface area (Å²) in [5.41, 5.74) is 2.23. The van der Waals surface area contributed by atoms with Crippen molar-refractivity contribution < 1.29 is 9.47 Å². The van der Waals surface area contributed by atoms with Crippen LogP contribution in [-0.4, -0.2) is 13.7 Å². The Labute approximate surface area is 118 Å². The van der Waals surface area contributed by atoms with Crippen molar-refractivity contribution in [1.29, 1.82) is 0 Å². The lowest BCUT2D eigenvalue weighted by molar-refractivity contribution is 0.359. The highest BCUT2D eigenvalue weighted by Crippen LogP contribution is 2.29. The van der Waals surface area contributed by atoms with Gasteiger partial charge in [-0.3, -0.25) is 0 Å². The average Bonchev–Trinajstić information content (AvgIpc) is 2.28. The van der Waals surface area contributed by atoms with Crippen LogP contribution in [0.1, 0.15) is 24.5 Å². The first-order chi connectivity index (χ1) is 8.58. The van der Waals surface area contributed by atoms with Gasteiger partial charge in [0, 0.05) is 0 Å². The second kappa shape index (κ2) is 7.55. The third-order valence-corrected chi connectivity index (χ3v) is 2.84. The molecule has 1 rings (SSSR count). The fourth-order valence-corrected chi connectivity index (χ4v) is 1.97. The molecule has 0 radical (unpaired) electrons. The zero-order valence-electron chi connectivity index (χ0n) is 10.9. The highest BCUT2D eigenvalue weighted by atomic mass is 35.5. The maximum absolute atomic E-state index is 5.58. The van der Waals surface area contributed by atoms with Crippen molar-refractivity contribution >= 4 is 23.2 Å². The first kappa shape index (κ1) is 15.2. The summed E-state index contributed by atoms with van der Waals surface area (Å²) in [5, 5.41) is 0. The molecule has 100 valence electrons. The third-order valence-electron chi connectivity index (χ3n) is 2.54. The summed E-state index contributed by atoms with van der Waals surface area (Å²) in [6.45, 7) is 4.51. The summed E-state index contributed by atoms with van der Waals surface area (Å²) >= 11 is 11.1. The highest BCUT2D eigenvalue weighted by Gasteiger charge is 2.08. The van der Waals surface area contributed by atoms with Gasteiger partial charge in [-0.25, -0.2) is 0 Å². The van der Waals surface area contributed by atoms with Crippen LogP contribution in [0.15, 0.2) is 22.7 Å². The van der Waals surface area contributed by atoms with E-state index in [1.165, 1.54) is 0 Å². The second-order valence-corrected chi connectivity index (χ2v) is 5.00. The van der Waals surface area contributed by atoms with Crippen LogP contribution < -0.4 is 9.47 Å². The molecule has 0 fully saturated rings. The van der Waals surface area contributed by atoms with Gasteiger partial charge < -0.3 is 9.47 Å². The van der Waals surface area contributed by atoms with Gasteiger partial charge in [-0.05, 0) is 42.7 Å². The molecule has 0 amide bonds. The Morgan fingerprint density at radius 3 is 2.61 bits per heavy atom. The summed E-state index contributed by atoms with van der Waals surface area (Å²) < 4.78 is 11.2.